The van der Waals surface area contributed by atoms with Crippen LogP contribution in [0.3, 0.4) is 0 Å². The van der Waals surface area contributed by atoms with Crippen LogP contribution in [0.5, 0.6) is 0 Å². The molecule has 3 aromatic heterocycles. The molecule has 0 aliphatic carbocycles. The van der Waals surface area contributed by atoms with Gasteiger partial charge in [-0.2, -0.15) is 0 Å². The van der Waals surface area contributed by atoms with Crippen molar-refractivity contribution in [2.75, 3.05) is 6.54 Å². The molecule has 8 nitrogen and oxygen atoms in total. The third kappa shape index (κ3) is 3.85. The highest BCUT2D eigenvalue weighted by Gasteiger charge is 2.13. The summed E-state index contributed by atoms with van der Waals surface area (Å²) in [7, 11) is 0. The minimum Gasteiger partial charge on any atom is -0.361 e. The quantitative estimate of drug-likeness (QED) is 0.653. The van der Waals surface area contributed by atoms with Gasteiger partial charge in [0.2, 0.25) is 0 Å². The largest absolute Gasteiger partial charge is 0.361 e. The van der Waals surface area contributed by atoms with Crippen LogP contribution in [0.4, 0.5) is 0 Å². The minimum atomic E-state index is -0.484. The summed E-state index contributed by atoms with van der Waals surface area (Å²) in [5.41, 5.74) is 2.09. The second-order valence-corrected chi connectivity index (χ2v) is 5.88. The maximum Gasteiger partial charge on any atom is 0.264 e. The van der Waals surface area contributed by atoms with Gasteiger partial charge in [-0.05, 0) is 38.8 Å². The Morgan fingerprint density at radius 1 is 1.31 bits per heavy atom. The van der Waals surface area contributed by atoms with Gasteiger partial charge in [0.25, 0.3) is 11.5 Å². The molecule has 0 saturated carbocycles. The molecule has 0 aliphatic rings. The number of nitrogens with zero attached hydrogens (tertiary/aromatic N) is 3. The lowest BCUT2D eigenvalue weighted by molar-refractivity contribution is 0.0951. The van der Waals surface area contributed by atoms with Crippen molar-refractivity contribution in [1.29, 1.82) is 0 Å². The van der Waals surface area contributed by atoms with Crippen LogP contribution < -0.4 is 10.9 Å². The Kier molecular flexibility index (Phi) is 5.21. The highest BCUT2D eigenvalue weighted by atomic mass is 16.5. The molecule has 8 heteroatoms. The predicted molar refractivity (Wildman–Crippen MR) is 94.7 cm³/mol. The fraction of sp³-hybridized carbons (Fsp3) is 0.278. The molecule has 0 fully saturated rings. The number of hydrogen-bond donors (Lipinski definition) is 2. The lowest BCUT2D eigenvalue weighted by atomic mass is 10.1. The maximum absolute atomic E-state index is 12.2. The van der Waals surface area contributed by atoms with Crippen molar-refractivity contribution in [3.8, 4) is 11.4 Å². The van der Waals surface area contributed by atoms with Gasteiger partial charge in [-0.25, -0.2) is 4.98 Å². The molecule has 0 radical (unpaired) electrons. The Morgan fingerprint density at radius 2 is 2.15 bits per heavy atom. The molecule has 0 aromatic carbocycles. The molecular formula is C18H19N5O3. The van der Waals surface area contributed by atoms with E-state index in [0.717, 1.165) is 23.4 Å². The van der Waals surface area contributed by atoms with Gasteiger partial charge in [0.1, 0.15) is 17.1 Å². The van der Waals surface area contributed by atoms with Gasteiger partial charge in [0.15, 0.2) is 0 Å². The third-order valence-electron chi connectivity index (χ3n) is 4.05. The maximum atomic E-state index is 12.2. The molecule has 134 valence electrons. The van der Waals surface area contributed by atoms with E-state index in [-0.39, 0.29) is 5.56 Å². The highest BCUT2D eigenvalue weighted by molar-refractivity contribution is 5.93. The molecule has 0 spiro atoms. The Bertz CT molecular complexity index is 943. The van der Waals surface area contributed by atoms with Crippen molar-refractivity contribution in [2.24, 2.45) is 0 Å². The van der Waals surface area contributed by atoms with E-state index in [4.69, 9.17) is 4.52 Å². The van der Waals surface area contributed by atoms with Crippen LogP contribution >= 0.6 is 0 Å². The summed E-state index contributed by atoms with van der Waals surface area (Å²) in [4.78, 5) is 35.1. The lowest BCUT2D eigenvalue weighted by Crippen LogP contribution is -2.31. The number of aromatic nitrogens is 4. The first kappa shape index (κ1) is 17.5. The Labute approximate surface area is 149 Å². The van der Waals surface area contributed by atoms with Crippen LogP contribution in [0.15, 0.2) is 40.0 Å². The van der Waals surface area contributed by atoms with Crippen molar-refractivity contribution in [1.82, 2.24) is 25.4 Å². The van der Waals surface area contributed by atoms with E-state index >= 15 is 0 Å². The fourth-order valence-electron chi connectivity index (χ4n) is 2.63. The van der Waals surface area contributed by atoms with Gasteiger partial charge in [0.05, 0.1) is 5.69 Å². The van der Waals surface area contributed by atoms with Crippen LogP contribution in [-0.2, 0) is 6.42 Å². The Hall–Kier alpha value is -3.29. The zero-order valence-electron chi connectivity index (χ0n) is 14.6. The van der Waals surface area contributed by atoms with Crippen molar-refractivity contribution in [3.63, 3.8) is 0 Å². The number of H-pyrrole nitrogens is 1. The molecule has 3 heterocycles. The highest BCUT2D eigenvalue weighted by Crippen LogP contribution is 2.14. The first-order chi connectivity index (χ1) is 12.6. The molecule has 0 unspecified atom stereocenters. The summed E-state index contributed by atoms with van der Waals surface area (Å²) in [6.07, 6.45) is 5.97. The van der Waals surface area contributed by atoms with E-state index in [2.05, 4.69) is 25.4 Å². The number of aromatic amines is 1. The smallest absolute Gasteiger partial charge is 0.264 e. The minimum absolute atomic E-state index is 0.0185. The number of rotatable bonds is 6. The van der Waals surface area contributed by atoms with Crippen molar-refractivity contribution in [3.05, 3.63) is 63.7 Å². The molecule has 1 amide bonds. The lowest BCUT2D eigenvalue weighted by Gasteiger charge is -2.06. The molecule has 0 saturated heterocycles. The first-order valence-corrected chi connectivity index (χ1v) is 8.26. The van der Waals surface area contributed by atoms with Crippen LogP contribution in [0.2, 0.25) is 0 Å². The predicted octanol–water partition coefficient (Wildman–Crippen LogP) is 1.80. The average molecular weight is 353 g/mol. The number of pyridine rings is 1. The second-order valence-electron chi connectivity index (χ2n) is 5.88. The number of amides is 1. The Balaban J connectivity index is 1.59. The van der Waals surface area contributed by atoms with Gasteiger partial charge in [-0.15, -0.1) is 0 Å². The van der Waals surface area contributed by atoms with E-state index in [1.165, 1.54) is 6.20 Å². The third-order valence-corrected chi connectivity index (χ3v) is 4.05. The summed E-state index contributed by atoms with van der Waals surface area (Å²) >= 11 is 0. The van der Waals surface area contributed by atoms with Crippen molar-refractivity contribution >= 4 is 5.91 Å². The molecule has 0 atom stereocenters. The molecule has 3 rings (SSSR count). The van der Waals surface area contributed by atoms with E-state index in [9.17, 15) is 9.59 Å². The summed E-state index contributed by atoms with van der Waals surface area (Å²) in [6, 6.07) is 3.52. The number of nitrogens with one attached hydrogen (secondary N) is 2. The van der Waals surface area contributed by atoms with Crippen molar-refractivity contribution in [2.45, 2.75) is 26.7 Å². The number of carbonyl (C=O) groups is 1. The topological polar surface area (TPSA) is 114 Å². The number of hydrogen-bond acceptors (Lipinski definition) is 6. The van der Waals surface area contributed by atoms with Crippen LogP contribution in [0.1, 0.15) is 33.8 Å². The molecule has 3 aromatic rings. The first-order valence-electron chi connectivity index (χ1n) is 8.26. The summed E-state index contributed by atoms with van der Waals surface area (Å²) in [5, 5.41) is 6.64. The van der Waals surface area contributed by atoms with Gasteiger partial charge >= 0.3 is 0 Å². The van der Waals surface area contributed by atoms with E-state index in [1.807, 2.05) is 13.8 Å². The molecule has 0 bridgehead atoms. The SMILES string of the molecule is Cc1noc(C)c1CCCNC(=O)c1cnc(-c2cccnc2)[nH]c1=O. The zero-order chi connectivity index (χ0) is 18.5. The number of carbonyl (C=O) groups excluding carboxylic acids is 1. The molecule has 0 aliphatic heterocycles. The van der Waals surface area contributed by atoms with Crippen LogP contribution in [0, 0.1) is 13.8 Å². The standard InChI is InChI=1S/C18H19N5O3/c1-11-14(12(2)26-23-11)6-4-8-20-17(24)15-10-21-16(22-18(15)25)13-5-3-7-19-9-13/h3,5,7,9-10H,4,6,8H2,1-2H3,(H,20,24)(H,21,22,25). The summed E-state index contributed by atoms with van der Waals surface area (Å²) in [5.74, 6) is 0.716. The fourth-order valence-corrected chi connectivity index (χ4v) is 2.63. The van der Waals surface area contributed by atoms with Crippen molar-refractivity contribution < 1.29 is 9.32 Å². The van der Waals surface area contributed by atoms with Gasteiger partial charge < -0.3 is 14.8 Å². The average Bonchev–Trinajstić information content (AvgIpc) is 2.97. The van der Waals surface area contributed by atoms with Gasteiger partial charge in [-0.3, -0.25) is 14.6 Å². The summed E-state index contributed by atoms with van der Waals surface area (Å²) < 4.78 is 5.11. The van der Waals surface area contributed by atoms with Crippen LogP contribution in [-0.4, -0.2) is 32.6 Å². The normalized spacial score (nSPS) is 10.7. The number of aryl methyl sites for hydroxylation is 2. The monoisotopic (exact) mass is 353 g/mol. The molecule has 26 heavy (non-hydrogen) atoms. The summed E-state index contributed by atoms with van der Waals surface area (Å²) in [6.45, 7) is 4.19. The van der Waals surface area contributed by atoms with E-state index in [1.54, 1.807) is 24.5 Å². The molecule has 2 N–H and O–H groups in total. The van der Waals surface area contributed by atoms with Gasteiger partial charge in [-0.1, -0.05) is 5.16 Å². The Morgan fingerprint density at radius 3 is 2.81 bits per heavy atom. The van der Waals surface area contributed by atoms with E-state index in [0.29, 0.717) is 24.4 Å². The van der Waals surface area contributed by atoms with E-state index < -0.39 is 11.5 Å². The van der Waals surface area contributed by atoms with Crippen LogP contribution in [0.25, 0.3) is 11.4 Å². The zero-order valence-corrected chi connectivity index (χ0v) is 14.6. The van der Waals surface area contributed by atoms with Gasteiger partial charge in [0, 0.05) is 36.3 Å². The molecular weight excluding hydrogens is 334 g/mol. The second kappa shape index (κ2) is 7.73.